The van der Waals surface area contributed by atoms with Gasteiger partial charge in [0.05, 0.1) is 47.6 Å². The summed E-state index contributed by atoms with van der Waals surface area (Å²) in [5, 5.41) is 0.976. The molecule has 4 heterocycles. The number of allylic oxidation sites excluding steroid dienone is 2. The van der Waals surface area contributed by atoms with E-state index in [1.807, 2.05) is 34.6 Å². The monoisotopic (exact) mass is 842 g/mol. The molecule has 3 aliphatic heterocycles. The van der Waals surface area contributed by atoms with E-state index in [9.17, 15) is 9.59 Å². The summed E-state index contributed by atoms with van der Waals surface area (Å²) in [6.07, 6.45) is 5.63. The highest BCUT2D eigenvalue weighted by molar-refractivity contribution is 7.11. The number of amides is 1. The molecule has 0 N–H and O–H groups in total. The first-order chi connectivity index (χ1) is 28.3. The second-order valence-corrected chi connectivity index (χ2v) is 18.9. The van der Waals surface area contributed by atoms with E-state index in [1.165, 1.54) is 11.0 Å². The van der Waals surface area contributed by atoms with Gasteiger partial charge in [-0.05, 0) is 89.2 Å². The Balaban J connectivity index is 1.16. The Morgan fingerprint density at radius 2 is 1.71 bits per heavy atom. The SMILES string of the molecule is C=CC(=O)N(C)[C@H]1CC[C@H](O[C@H]2CCC[C@H](CC)OC(=O)C[C@@H]3C(=C[C@H]4[C@@H]5C[C@H](OC6OC(C)C(OC)C(OC)C6OC)C[C@H]5c5sc(C)nc5[C@H]43)C(=O)[C@@H]2C)OC1C. The molecule has 14 heteroatoms. The lowest BCUT2D eigenvalue weighted by molar-refractivity contribution is -0.314. The number of hydrogen-bond acceptors (Lipinski definition) is 13. The van der Waals surface area contributed by atoms with Gasteiger partial charge in [0, 0.05) is 63.3 Å². The number of aryl methyl sites for hydroxylation is 1. The summed E-state index contributed by atoms with van der Waals surface area (Å²) in [6, 6.07) is -0.0995. The molecule has 59 heavy (non-hydrogen) atoms. The van der Waals surface area contributed by atoms with Gasteiger partial charge in [0.25, 0.3) is 0 Å². The smallest absolute Gasteiger partial charge is 0.306 e. The van der Waals surface area contributed by atoms with Crippen LogP contribution in [0.4, 0.5) is 0 Å². The van der Waals surface area contributed by atoms with Crippen molar-refractivity contribution in [2.75, 3.05) is 28.4 Å². The van der Waals surface area contributed by atoms with Gasteiger partial charge in [-0.15, -0.1) is 11.3 Å². The molecule has 13 nitrogen and oxygen atoms in total. The van der Waals surface area contributed by atoms with Crippen LogP contribution < -0.4 is 0 Å². The molecule has 328 valence electrons. The van der Waals surface area contributed by atoms with Crippen LogP contribution in [0.25, 0.3) is 0 Å². The lowest BCUT2D eigenvalue weighted by Crippen LogP contribution is -2.59. The molecular weight excluding hydrogens is 777 g/mol. The summed E-state index contributed by atoms with van der Waals surface area (Å²) >= 11 is 1.73. The number of nitrogens with zero attached hydrogens (tertiary/aromatic N) is 2. The van der Waals surface area contributed by atoms with E-state index in [2.05, 4.69) is 12.7 Å². The first-order valence-electron chi connectivity index (χ1n) is 21.8. The molecule has 1 aromatic rings. The zero-order valence-corrected chi connectivity index (χ0v) is 37.2. The summed E-state index contributed by atoms with van der Waals surface area (Å²) < 4.78 is 50.1. The van der Waals surface area contributed by atoms with Crippen molar-refractivity contribution < 1.29 is 52.3 Å². The van der Waals surface area contributed by atoms with Crippen LogP contribution in [0.3, 0.4) is 0 Å². The Bertz CT molecular complexity index is 1720. The van der Waals surface area contributed by atoms with Gasteiger partial charge >= 0.3 is 5.97 Å². The van der Waals surface area contributed by atoms with Crippen LogP contribution in [-0.2, 0) is 52.3 Å². The highest BCUT2D eigenvalue weighted by Gasteiger charge is 2.57. The number of esters is 1. The van der Waals surface area contributed by atoms with Crippen molar-refractivity contribution in [2.45, 2.75) is 172 Å². The molecule has 0 spiro atoms. The third-order valence-corrected chi connectivity index (χ3v) is 15.5. The zero-order chi connectivity index (χ0) is 42.3. The molecule has 0 bridgehead atoms. The second-order valence-electron chi connectivity index (χ2n) is 17.7. The van der Waals surface area contributed by atoms with Crippen LogP contribution in [0, 0.1) is 30.6 Å². The topological polar surface area (TPSA) is 141 Å². The molecule has 1 aromatic heterocycles. The number of methoxy groups -OCH3 is 3. The fraction of sp³-hybridized carbons (Fsp3) is 0.778. The van der Waals surface area contributed by atoms with Crippen molar-refractivity contribution in [3.05, 3.63) is 39.9 Å². The molecular formula is C45H66N2O11S. The molecule has 1 saturated carbocycles. The third kappa shape index (κ3) is 8.76. The van der Waals surface area contributed by atoms with Gasteiger partial charge in [-0.2, -0.15) is 0 Å². The minimum Gasteiger partial charge on any atom is -0.462 e. The number of cyclic esters (lactones) is 1. The van der Waals surface area contributed by atoms with E-state index in [0.29, 0.717) is 37.7 Å². The number of fused-ring (bicyclic) bond motifs is 8. The van der Waals surface area contributed by atoms with Gasteiger partial charge < -0.3 is 42.8 Å². The molecule has 17 atom stereocenters. The van der Waals surface area contributed by atoms with Gasteiger partial charge in [0.1, 0.15) is 24.4 Å². The largest absolute Gasteiger partial charge is 0.462 e. The number of ketones is 1. The molecule has 3 aliphatic carbocycles. The standard InChI is InChI=1S/C45H66N2O11S/c1-11-26-14-13-15-34(58-37-17-16-33(23(4)54-37)47(7)35(48)12-2)22(3)40(50)31-20-29-28-18-27(57-45-43(53-10)42(52-9)41(51-8)24(5)55-45)19-32(28)44-39(46-25(6)59-44)38(29)30(31)21-36(49)56-26/h12,20,22-24,26-30,32-34,37-38,41-43,45H,2,11,13-19,21H2,1,3-10H3/t22-,23?,24?,26+,27+,28+,29+,30-,32-,33+,34+,37+,38-,41?,42?,43?,45?/m1/s1. The molecule has 1 amide bonds. The van der Waals surface area contributed by atoms with E-state index in [1.54, 1.807) is 44.6 Å². The average molecular weight is 843 g/mol. The summed E-state index contributed by atoms with van der Waals surface area (Å²) in [5.41, 5.74) is 1.70. The maximum absolute atomic E-state index is 15.0. The predicted octanol–water partition coefficient (Wildman–Crippen LogP) is 6.41. The number of Topliss-reactive ketones (excluding diaryl/α,β-unsaturated/α-hetero) is 1. The first kappa shape index (κ1) is 44.5. The molecule has 0 aromatic carbocycles. The third-order valence-electron chi connectivity index (χ3n) is 14.4. The summed E-state index contributed by atoms with van der Waals surface area (Å²) in [5.74, 6) is -1.04. The quantitative estimate of drug-likeness (QED) is 0.190. The van der Waals surface area contributed by atoms with Crippen LogP contribution >= 0.6 is 11.3 Å². The van der Waals surface area contributed by atoms with Crippen molar-refractivity contribution in [1.29, 1.82) is 0 Å². The number of likely N-dealkylation sites (N-methyl/N-ethyl adjacent to an activating group) is 1. The van der Waals surface area contributed by atoms with Gasteiger partial charge in [-0.3, -0.25) is 14.4 Å². The Labute approximate surface area is 353 Å². The Kier molecular flexibility index (Phi) is 14.2. The lowest BCUT2D eigenvalue weighted by atomic mass is 9.67. The number of rotatable bonds is 10. The number of ether oxygens (including phenoxy) is 8. The van der Waals surface area contributed by atoms with E-state index < -0.39 is 30.7 Å². The second kappa shape index (κ2) is 18.8. The number of carbonyl (C=O) groups is 3. The average Bonchev–Trinajstić information content (AvgIpc) is 3.93. The Hall–Kier alpha value is -2.56. The summed E-state index contributed by atoms with van der Waals surface area (Å²) in [4.78, 5) is 49.4. The minimum atomic E-state index is -0.648. The molecule has 0 radical (unpaired) electrons. The van der Waals surface area contributed by atoms with Crippen LogP contribution in [0.1, 0.15) is 113 Å². The van der Waals surface area contributed by atoms with Crippen molar-refractivity contribution in [3.8, 4) is 0 Å². The molecule has 3 saturated heterocycles. The van der Waals surface area contributed by atoms with Crippen LogP contribution in [-0.4, -0.2) is 123 Å². The number of carbonyl (C=O) groups excluding carboxylic acids is 3. The summed E-state index contributed by atoms with van der Waals surface area (Å²) in [6.45, 7) is 13.6. The van der Waals surface area contributed by atoms with Crippen LogP contribution in [0.5, 0.6) is 0 Å². The van der Waals surface area contributed by atoms with E-state index in [-0.39, 0.29) is 96.3 Å². The fourth-order valence-corrected chi connectivity index (χ4v) is 12.5. The normalized spacial score (nSPS) is 41.3. The van der Waals surface area contributed by atoms with E-state index in [4.69, 9.17) is 42.9 Å². The summed E-state index contributed by atoms with van der Waals surface area (Å²) in [7, 11) is 6.72. The van der Waals surface area contributed by atoms with E-state index >= 15 is 4.79 Å². The van der Waals surface area contributed by atoms with E-state index in [0.717, 1.165) is 30.0 Å². The molecule has 6 unspecified atom stereocenters. The van der Waals surface area contributed by atoms with Gasteiger partial charge in [-0.25, -0.2) is 4.98 Å². The molecule has 4 fully saturated rings. The number of hydrogen-bond donors (Lipinski definition) is 0. The first-order valence-corrected chi connectivity index (χ1v) is 22.7. The van der Waals surface area contributed by atoms with Crippen LogP contribution in [0.15, 0.2) is 24.3 Å². The van der Waals surface area contributed by atoms with Crippen molar-refractivity contribution in [1.82, 2.24) is 9.88 Å². The highest BCUT2D eigenvalue weighted by atomic mass is 32.1. The fourth-order valence-electron chi connectivity index (χ4n) is 11.3. The van der Waals surface area contributed by atoms with Gasteiger partial charge in [-0.1, -0.05) is 26.5 Å². The van der Waals surface area contributed by atoms with Gasteiger partial charge in [0.15, 0.2) is 18.4 Å². The maximum Gasteiger partial charge on any atom is 0.306 e. The van der Waals surface area contributed by atoms with Crippen LogP contribution in [0.2, 0.25) is 0 Å². The Morgan fingerprint density at radius 1 is 0.966 bits per heavy atom. The number of thiazole rings is 1. The maximum atomic E-state index is 15.0. The highest BCUT2D eigenvalue weighted by Crippen LogP contribution is 2.62. The lowest BCUT2D eigenvalue weighted by Gasteiger charge is -2.44. The molecule has 7 rings (SSSR count). The Morgan fingerprint density at radius 3 is 2.39 bits per heavy atom. The van der Waals surface area contributed by atoms with Crippen molar-refractivity contribution in [2.24, 2.45) is 23.7 Å². The zero-order valence-electron chi connectivity index (χ0n) is 36.3. The predicted molar refractivity (Wildman–Crippen MR) is 220 cm³/mol. The van der Waals surface area contributed by atoms with Crippen molar-refractivity contribution >= 4 is 29.0 Å². The minimum absolute atomic E-state index is 0.00884. The molecule has 6 aliphatic rings. The van der Waals surface area contributed by atoms with Crippen molar-refractivity contribution in [3.63, 3.8) is 0 Å². The van der Waals surface area contributed by atoms with Gasteiger partial charge in [0.2, 0.25) is 5.91 Å². The number of aromatic nitrogens is 1.